The normalized spacial score (nSPS) is 18.4. The van der Waals surface area contributed by atoms with Crippen molar-refractivity contribution in [3.8, 4) is 0 Å². The summed E-state index contributed by atoms with van der Waals surface area (Å²) in [6.45, 7) is 6.55. The Kier molecular flexibility index (Phi) is 4.47. The van der Waals surface area contributed by atoms with Crippen molar-refractivity contribution < 1.29 is 0 Å². The fraction of sp³-hybridized carbons (Fsp3) is 0.692. The molecule has 1 aliphatic rings. The molecule has 2 heterocycles. The fourth-order valence-corrected chi connectivity index (χ4v) is 3.01. The highest BCUT2D eigenvalue weighted by atomic mass is 35.5. The van der Waals surface area contributed by atoms with Crippen molar-refractivity contribution in [2.24, 2.45) is 11.3 Å². The Morgan fingerprint density at radius 3 is 2.53 bits per heavy atom. The predicted molar refractivity (Wildman–Crippen MR) is 79.3 cm³/mol. The Hall–Kier alpha value is -1.07. The molecule has 0 atom stereocenters. The molecule has 1 saturated heterocycles. The number of anilines is 2. The first-order chi connectivity index (χ1) is 9.14. The van der Waals surface area contributed by atoms with Crippen LogP contribution in [0.25, 0.3) is 0 Å². The van der Waals surface area contributed by atoms with Gasteiger partial charge in [-0.3, -0.25) is 5.43 Å². The predicted octanol–water partition coefficient (Wildman–Crippen LogP) is 2.82. The number of nitrogens with two attached hydrogens (primary N) is 1. The maximum Gasteiger partial charge on any atom is 0.239 e. The first-order valence-electron chi connectivity index (χ1n) is 6.88. The molecule has 19 heavy (non-hydrogen) atoms. The zero-order chi connectivity index (χ0) is 13.9. The van der Waals surface area contributed by atoms with E-state index in [0.717, 1.165) is 18.9 Å². The minimum atomic E-state index is 0.405. The molecule has 0 radical (unpaired) electrons. The number of hydrazine groups is 1. The number of nitrogen functional groups attached to an aromatic ring is 1. The molecular formula is C13H22ClN5. The maximum absolute atomic E-state index is 6.19. The average molecular weight is 284 g/mol. The Labute approximate surface area is 119 Å². The van der Waals surface area contributed by atoms with Crippen molar-refractivity contribution in [3.05, 3.63) is 11.2 Å². The second-order valence-corrected chi connectivity index (χ2v) is 5.61. The summed E-state index contributed by atoms with van der Waals surface area (Å²) in [5.74, 6) is 6.54. The summed E-state index contributed by atoms with van der Waals surface area (Å²) in [6, 6.07) is 0. The van der Waals surface area contributed by atoms with Crippen LogP contribution >= 0.6 is 11.6 Å². The lowest BCUT2D eigenvalue weighted by Gasteiger charge is -2.41. The highest BCUT2D eigenvalue weighted by molar-refractivity contribution is 6.32. The zero-order valence-corrected chi connectivity index (χ0v) is 12.4. The van der Waals surface area contributed by atoms with E-state index in [0.29, 0.717) is 16.4 Å². The first kappa shape index (κ1) is 14.3. The minimum absolute atomic E-state index is 0.405. The van der Waals surface area contributed by atoms with E-state index in [-0.39, 0.29) is 0 Å². The van der Waals surface area contributed by atoms with Gasteiger partial charge < -0.3 is 4.90 Å². The molecule has 106 valence electrons. The Bertz CT molecular complexity index is 423. The van der Waals surface area contributed by atoms with Gasteiger partial charge in [0.2, 0.25) is 5.95 Å². The second-order valence-electron chi connectivity index (χ2n) is 5.20. The monoisotopic (exact) mass is 283 g/mol. The number of halogens is 1. The molecule has 0 aromatic carbocycles. The maximum atomic E-state index is 6.19. The van der Waals surface area contributed by atoms with Gasteiger partial charge in [-0.15, -0.1) is 0 Å². The van der Waals surface area contributed by atoms with Gasteiger partial charge in [0.05, 0.1) is 6.20 Å². The summed E-state index contributed by atoms with van der Waals surface area (Å²) in [4.78, 5) is 10.6. The van der Waals surface area contributed by atoms with E-state index in [9.17, 15) is 0 Å². The number of rotatable bonds is 4. The molecule has 0 bridgehead atoms. The van der Waals surface area contributed by atoms with Gasteiger partial charge in [0.25, 0.3) is 0 Å². The summed E-state index contributed by atoms with van der Waals surface area (Å²) in [7, 11) is 0. The topological polar surface area (TPSA) is 67.1 Å². The van der Waals surface area contributed by atoms with Crippen molar-refractivity contribution in [1.82, 2.24) is 9.97 Å². The number of hydrogen-bond acceptors (Lipinski definition) is 5. The first-order valence-corrected chi connectivity index (χ1v) is 7.26. The third kappa shape index (κ3) is 2.92. The van der Waals surface area contributed by atoms with Crippen LogP contribution < -0.4 is 16.2 Å². The molecule has 1 aromatic rings. The van der Waals surface area contributed by atoms with Crippen LogP contribution in [0, 0.1) is 5.41 Å². The van der Waals surface area contributed by atoms with Crippen LogP contribution in [0.15, 0.2) is 6.20 Å². The largest absolute Gasteiger partial charge is 0.355 e. The number of piperidine rings is 1. The van der Waals surface area contributed by atoms with Gasteiger partial charge >= 0.3 is 0 Å². The van der Waals surface area contributed by atoms with E-state index < -0.39 is 0 Å². The van der Waals surface area contributed by atoms with Crippen LogP contribution in [0.2, 0.25) is 5.02 Å². The molecule has 1 fully saturated rings. The number of aromatic nitrogens is 2. The van der Waals surface area contributed by atoms with E-state index >= 15 is 0 Å². The van der Waals surface area contributed by atoms with Crippen LogP contribution in [0.1, 0.15) is 39.5 Å². The fourth-order valence-electron chi connectivity index (χ4n) is 2.80. The highest BCUT2D eigenvalue weighted by Gasteiger charge is 2.32. The lowest BCUT2D eigenvalue weighted by molar-refractivity contribution is 0.199. The quantitative estimate of drug-likeness (QED) is 0.657. The smallest absolute Gasteiger partial charge is 0.239 e. The standard InChI is InChI=1S/C13H22ClN5/c1-3-13(4-2)5-7-19(8-6-13)11-10(14)9-16-12(17-11)18-15/h9H,3-8,15H2,1-2H3,(H,16,17,18). The van der Waals surface area contributed by atoms with Crippen molar-refractivity contribution in [1.29, 1.82) is 0 Å². The van der Waals surface area contributed by atoms with Crippen LogP contribution in [-0.2, 0) is 0 Å². The molecule has 3 N–H and O–H groups in total. The van der Waals surface area contributed by atoms with Crippen LogP contribution in [-0.4, -0.2) is 23.1 Å². The highest BCUT2D eigenvalue weighted by Crippen LogP contribution is 2.39. The molecular weight excluding hydrogens is 262 g/mol. The van der Waals surface area contributed by atoms with Gasteiger partial charge in [-0.25, -0.2) is 10.8 Å². The summed E-state index contributed by atoms with van der Waals surface area (Å²) < 4.78 is 0. The molecule has 2 rings (SSSR count). The van der Waals surface area contributed by atoms with Gasteiger partial charge in [0, 0.05) is 13.1 Å². The molecule has 0 amide bonds. The van der Waals surface area contributed by atoms with Crippen LogP contribution in [0.4, 0.5) is 11.8 Å². The molecule has 0 saturated carbocycles. The number of hydrogen-bond donors (Lipinski definition) is 2. The van der Waals surface area contributed by atoms with Crippen molar-refractivity contribution >= 4 is 23.4 Å². The summed E-state index contributed by atoms with van der Waals surface area (Å²) in [6.07, 6.45) is 6.45. The van der Waals surface area contributed by atoms with Crippen molar-refractivity contribution in [2.75, 3.05) is 23.4 Å². The Balaban J connectivity index is 2.13. The summed E-state index contributed by atoms with van der Waals surface area (Å²) in [5, 5.41) is 0.583. The molecule has 0 unspecified atom stereocenters. The van der Waals surface area contributed by atoms with Gasteiger partial charge in [0.15, 0.2) is 5.82 Å². The van der Waals surface area contributed by atoms with Gasteiger partial charge in [-0.05, 0) is 18.3 Å². The molecule has 5 nitrogen and oxygen atoms in total. The van der Waals surface area contributed by atoms with Gasteiger partial charge in [0.1, 0.15) is 5.02 Å². The number of nitrogens with zero attached hydrogens (tertiary/aromatic N) is 3. The average Bonchev–Trinajstić information content (AvgIpc) is 2.48. The van der Waals surface area contributed by atoms with Crippen LogP contribution in [0.3, 0.4) is 0 Å². The zero-order valence-electron chi connectivity index (χ0n) is 11.6. The van der Waals surface area contributed by atoms with Gasteiger partial charge in [-0.2, -0.15) is 4.98 Å². The number of nitrogens with one attached hydrogen (secondary N) is 1. The minimum Gasteiger partial charge on any atom is -0.355 e. The van der Waals surface area contributed by atoms with Crippen molar-refractivity contribution in [2.45, 2.75) is 39.5 Å². The third-order valence-corrected chi connectivity index (χ3v) is 4.74. The second kappa shape index (κ2) is 5.92. The van der Waals surface area contributed by atoms with E-state index in [4.69, 9.17) is 17.4 Å². The lowest BCUT2D eigenvalue weighted by Crippen LogP contribution is -2.40. The van der Waals surface area contributed by atoms with Gasteiger partial charge in [-0.1, -0.05) is 38.3 Å². The molecule has 0 spiro atoms. The summed E-state index contributed by atoms with van der Waals surface area (Å²) in [5.41, 5.74) is 2.96. The van der Waals surface area contributed by atoms with E-state index in [1.807, 2.05) is 0 Å². The summed E-state index contributed by atoms with van der Waals surface area (Å²) >= 11 is 6.19. The molecule has 1 aliphatic heterocycles. The third-order valence-electron chi connectivity index (χ3n) is 4.48. The molecule has 0 aliphatic carbocycles. The van der Waals surface area contributed by atoms with E-state index in [1.54, 1.807) is 6.20 Å². The van der Waals surface area contributed by atoms with Crippen molar-refractivity contribution in [3.63, 3.8) is 0 Å². The van der Waals surface area contributed by atoms with Crippen LogP contribution in [0.5, 0.6) is 0 Å². The molecule has 6 heteroatoms. The Morgan fingerprint density at radius 1 is 1.37 bits per heavy atom. The SMILES string of the molecule is CCC1(CC)CCN(c2nc(NN)ncc2Cl)CC1. The Morgan fingerprint density at radius 2 is 2.00 bits per heavy atom. The molecule has 1 aromatic heterocycles. The van der Waals surface area contributed by atoms with E-state index in [1.165, 1.54) is 25.7 Å². The van der Waals surface area contributed by atoms with E-state index in [2.05, 4.69) is 34.1 Å². The lowest BCUT2D eigenvalue weighted by atomic mass is 9.74.